The summed E-state index contributed by atoms with van der Waals surface area (Å²) < 4.78 is 26.6. The second-order valence-corrected chi connectivity index (χ2v) is 17.6. The largest absolute Gasteiger partial charge is 0.541 e. The number of carbonyl (C=O) groups is 1. The van der Waals surface area contributed by atoms with Gasteiger partial charge in [0.05, 0.1) is 12.0 Å². The molecular formula is C32H39FN4O3Si. The van der Waals surface area contributed by atoms with Gasteiger partial charge in [-0.3, -0.25) is 9.78 Å². The first-order valence-corrected chi connectivity index (χ1v) is 16.5. The second-order valence-electron chi connectivity index (χ2n) is 12.2. The molecule has 0 aliphatic carbocycles. The van der Waals surface area contributed by atoms with Gasteiger partial charge in [-0.2, -0.15) is 0 Å². The molecule has 5 rings (SSSR count). The Morgan fingerprint density at radius 1 is 1.00 bits per heavy atom. The lowest BCUT2D eigenvalue weighted by atomic mass is 9.93. The quantitative estimate of drug-likeness (QED) is 0.194. The SMILES string of the molecule is Cc1nnc(Cc2c3c(c(O[Si](C(C)C)(C(C)C)C(C)C)c4ncc(Cc5ccc(F)cc5)cc24)C(=O)N(C)C3)o1. The van der Waals surface area contributed by atoms with E-state index < -0.39 is 8.32 Å². The van der Waals surface area contributed by atoms with Gasteiger partial charge in [0, 0.05) is 32.1 Å². The van der Waals surface area contributed by atoms with E-state index in [2.05, 4.69) is 57.8 Å². The number of benzene rings is 2. The molecule has 0 bridgehead atoms. The number of hydrogen-bond donors (Lipinski definition) is 0. The number of aromatic nitrogens is 3. The van der Waals surface area contributed by atoms with Crippen molar-refractivity contribution in [2.24, 2.45) is 0 Å². The summed E-state index contributed by atoms with van der Waals surface area (Å²) in [6.45, 7) is 15.7. The van der Waals surface area contributed by atoms with Crippen LogP contribution in [0.5, 0.6) is 5.75 Å². The first-order chi connectivity index (χ1) is 19.4. The molecule has 1 aliphatic heterocycles. The van der Waals surface area contributed by atoms with Crippen LogP contribution in [0.3, 0.4) is 0 Å². The van der Waals surface area contributed by atoms with Crippen LogP contribution >= 0.6 is 0 Å². The van der Waals surface area contributed by atoms with Crippen molar-refractivity contribution in [1.29, 1.82) is 0 Å². The summed E-state index contributed by atoms with van der Waals surface area (Å²) >= 11 is 0. The predicted molar refractivity (Wildman–Crippen MR) is 160 cm³/mol. The van der Waals surface area contributed by atoms with E-state index in [0.29, 0.717) is 64.6 Å². The molecule has 1 amide bonds. The van der Waals surface area contributed by atoms with Gasteiger partial charge in [-0.05, 0) is 63.5 Å². The summed E-state index contributed by atoms with van der Waals surface area (Å²) in [5, 5.41) is 9.21. The van der Waals surface area contributed by atoms with Crippen molar-refractivity contribution in [3.05, 3.63) is 81.9 Å². The lowest BCUT2D eigenvalue weighted by Crippen LogP contribution is -2.51. The number of halogens is 1. The lowest BCUT2D eigenvalue weighted by Gasteiger charge is -2.42. The average Bonchev–Trinajstić information content (AvgIpc) is 3.46. The Bertz CT molecular complexity index is 1580. The third kappa shape index (κ3) is 5.16. The monoisotopic (exact) mass is 574 g/mol. The van der Waals surface area contributed by atoms with Crippen LogP contribution in [-0.2, 0) is 19.4 Å². The highest BCUT2D eigenvalue weighted by atomic mass is 28.4. The fourth-order valence-corrected chi connectivity index (χ4v) is 12.0. The summed E-state index contributed by atoms with van der Waals surface area (Å²) in [4.78, 5) is 20.5. The van der Waals surface area contributed by atoms with Crippen molar-refractivity contribution in [2.75, 3.05) is 7.05 Å². The molecule has 41 heavy (non-hydrogen) atoms. The highest BCUT2D eigenvalue weighted by molar-refractivity contribution is 6.78. The molecule has 0 atom stereocenters. The maximum absolute atomic E-state index is 13.8. The smallest absolute Gasteiger partial charge is 0.258 e. The van der Waals surface area contributed by atoms with Crippen LogP contribution in [-0.4, -0.2) is 41.4 Å². The number of fused-ring (bicyclic) bond motifs is 2. The fourth-order valence-electron chi connectivity index (χ4n) is 6.71. The number of hydrogen-bond acceptors (Lipinski definition) is 6. The van der Waals surface area contributed by atoms with Gasteiger partial charge in [0.25, 0.3) is 14.2 Å². The summed E-state index contributed by atoms with van der Waals surface area (Å²) in [5.74, 6) is 1.26. The van der Waals surface area contributed by atoms with Gasteiger partial charge >= 0.3 is 0 Å². The number of nitrogens with zero attached hydrogens (tertiary/aromatic N) is 4. The minimum atomic E-state index is -2.44. The van der Waals surface area contributed by atoms with Gasteiger partial charge in [0.2, 0.25) is 11.8 Å². The zero-order chi connectivity index (χ0) is 29.6. The molecule has 2 aromatic carbocycles. The molecule has 0 unspecified atom stereocenters. The Balaban J connectivity index is 1.77. The van der Waals surface area contributed by atoms with Gasteiger partial charge in [-0.1, -0.05) is 53.7 Å². The Kier molecular flexibility index (Phi) is 7.76. The number of aryl methyl sites for hydroxylation is 1. The highest BCUT2D eigenvalue weighted by Crippen LogP contribution is 2.48. The first-order valence-electron chi connectivity index (χ1n) is 14.4. The van der Waals surface area contributed by atoms with Gasteiger partial charge in [-0.15, -0.1) is 10.2 Å². The summed E-state index contributed by atoms with van der Waals surface area (Å²) in [6.07, 6.45) is 2.82. The van der Waals surface area contributed by atoms with Gasteiger partial charge < -0.3 is 13.7 Å². The zero-order valence-corrected chi connectivity index (χ0v) is 26.2. The van der Waals surface area contributed by atoms with Gasteiger partial charge in [0.1, 0.15) is 17.1 Å². The lowest BCUT2D eigenvalue weighted by molar-refractivity contribution is 0.0815. The zero-order valence-electron chi connectivity index (χ0n) is 25.2. The summed E-state index contributed by atoms with van der Waals surface area (Å²) in [7, 11) is -0.613. The van der Waals surface area contributed by atoms with Crippen molar-refractivity contribution >= 4 is 25.1 Å². The predicted octanol–water partition coefficient (Wildman–Crippen LogP) is 7.39. The normalized spacial score (nSPS) is 13.8. The van der Waals surface area contributed by atoms with E-state index in [1.807, 2.05) is 13.2 Å². The Hall–Kier alpha value is -3.59. The van der Waals surface area contributed by atoms with E-state index in [0.717, 1.165) is 27.6 Å². The van der Waals surface area contributed by atoms with E-state index in [4.69, 9.17) is 13.8 Å². The van der Waals surface area contributed by atoms with Crippen molar-refractivity contribution < 1.29 is 18.0 Å². The van der Waals surface area contributed by atoms with Crippen LogP contribution in [0.25, 0.3) is 10.9 Å². The Morgan fingerprint density at radius 3 is 2.24 bits per heavy atom. The van der Waals surface area contributed by atoms with E-state index >= 15 is 0 Å². The molecule has 0 radical (unpaired) electrons. The van der Waals surface area contributed by atoms with Crippen molar-refractivity contribution in [3.8, 4) is 5.75 Å². The van der Waals surface area contributed by atoms with Crippen LogP contribution < -0.4 is 4.43 Å². The molecule has 1 aliphatic rings. The van der Waals surface area contributed by atoms with Crippen molar-refractivity contribution in [2.45, 2.75) is 84.5 Å². The molecule has 0 saturated heterocycles. The topological polar surface area (TPSA) is 81.3 Å². The van der Waals surface area contributed by atoms with Gasteiger partial charge in [0.15, 0.2) is 0 Å². The Morgan fingerprint density at radius 2 is 1.66 bits per heavy atom. The van der Waals surface area contributed by atoms with E-state index in [1.165, 1.54) is 12.1 Å². The molecule has 2 aromatic heterocycles. The second kappa shape index (κ2) is 11.0. The van der Waals surface area contributed by atoms with Crippen molar-refractivity contribution in [3.63, 3.8) is 0 Å². The molecular weight excluding hydrogens is 535 g/mol. The standard InChI is InChI=1S/C32H39FN4O3Si/c1-18(2)41(19(3)4,20(5)6)40-31-29-27(17-37(8)32(29)38)25(15-28-36-35-21(7)39-28)26-14-23(16-34-30(26)31)13-22-9-11-24(33)12-10-22/h9-12,14,16,18-20H,13,15,17H2,1-8H3. The first kappa shape index (κ1) is 28.9. The van der Waals surface area contributed by atoms with Crippen molar-refractivity contribution in [1.82, 2.24) is 20.1 Å². The highest BCUT2D eigenvalue weighted by Gasteiger charge is 2.49. The molecule has 0 saturated carbocycles. The molecule has 3 heterocycles. The summed E-state index contributed by atoms with van der Waals surface area (Å²) in [5.41, 5.74) is 6.09. The minimum Gasteiger partial charge on any atom is -0.541 e. The molecule has 0 N–H and O–H groups in total. The molecule has 9 heteroatoms. The van der Waals surface area contributed by atoms with E-state index in [1.54, 1.807) is 24.0 Å². The molecule has 216 valence electrons. The maximum Gasteiger partial charge on any atom is 0.258 e. The maximum atomic E-state index is 13.8. The number of amides is 1. The third-order valence-corrected chi connectivity index (χ3v) is 14.5. The fraction of sp³-hybridized carbons (Fsp3) is 0.438. The average molecular weight is 575 g/mol. The summed E-state index contributed by atoms with van der Waals surface area (Å²) in [6, 6.07) is 8.66. The minimum absolute atomic E-state index is 0.0591. The number of rotatable bonds is 9. The third-order valence-electron chi connectivity index (χ3n) is 8.54. The van der Waals surface area contributed by atoms with E-state index in [9.17, 15) is 9.18 Å². The van der Waals surface area contributed by atoms with Crippen LogP contribution in [0.4, 0.5) is 4.39 Å². The number of carbonyl (C=O) groups excluding carboxylic acids is 1. The van der Waals surface area contributed by atoms with Crippen LogP contribution in [0.15, 0.2) is 40.9 Å². The van der Waals surface area contributed by atoms with Crippen LogP contribution in [0, 0.1) is 12.7 Å². The molecule has 7 nitrogen and oxygen atoms in total. The number of pyridine rings is 1. The van der Waals surface area contributed by atoms with Crippen LogP contribution in [0.2, 0.25) is 16.6 Å². The molecule has 4 aromatic rings. The van der Waals surface area contributed by atoms with Crippen LogP contribution in [0.1, 0.15) is 85.9 Å². The molecule has 0 fully saturated rings. The Labute approximate surface area is 242 Å². The van der Waals surface area contributed by atoms with Gasteiger partial charge in [-0.25, -0.2) is 4.39 Å². The molecule has 0 spiro atoms. The van der Waals surface area contributed by atoms with E-state index in [-0.39, 0.29) is 11.7 Å².